The number of anilines is 2. The van der Waals surface area contributed by atoms with Crippen molar-refractivity contribution in [3.05, 3.63) is 95.6 Å². The molecule has 0 saturated carbocycles. The topological polar surface area (TPSA) is 110 Å². The molecule has 35 heavy (non-hydrogen) atoms. The summed E-state index contributed by atoms with van der Waals surface area (Å²) in [6.45, 7) is 0. The first-order valence-corrected chi connectivity index (χ1v) is 11.7. The van der Waals surface area contributed by atoms with Gasteiger partial charge in [-0.25, -0.2) is 18.5 Å². The Bertz CT molecular complexity index is 1400. The van der Waals surface area contributed by atoms with Crippen LogP contribution in [-0.4, -0.2) is 26.3 Å². The second-order valence-corrected chi connectivity index (χ2v) is 9.24. The third-order valence-corrected chi connectivity index (χ3v) is 6.23. The normalized spacial score (nSPS) is 17.8. The maximum Gasteiger partial charge on any atom is 0.416 e. The highest BCUT2D eigenvalue weighted by molar-refractivity contribution is 7.89. The predicted octanol–water partition coefficient (Wildman–Crippen LogP) is 3.79. The Morgan fingerprint density at radius 1 is 0.886 bits per heavy atom. The lowest BCUT2D eigenvalue weighted by molar-refractivity contribution is -0.137. The number of carbonyl (C=O) groups excluding carboxylic acids is 2. The molecule has 3 aromatic carbocycles. The highest BCUT2D eigenvalue weighted by Gasteiger charge is 2.44. The summed E-state index contributed by atoms with van der Waals surface area (Å²) < 4.78 is 61.8. The summed E-state index contributed by atoms with van der Waals surface area (Å²) in [5.74, 6) is -1.40. The van der Waals surface area contributed by atoms with Crippen molar-refractivity contribution in [1.82, 2.24) is 0 Å². The molecule has 0 aromatic heterocycles. The van der Waals surface area contributed by atoms with Crippen molar-refractivity contribution in [2.24, 2.45) is 5.14 Å². The number of imide groups is 1. The van der Waals surface area contributed by atoms with Gasteiger partial charge in [0.15, 0.2) is 0 Å². The maximum atomic E-state index is 13.3. The van der Waals surface area contributed by atoms with Gasteiger partial charge in [-0.15, -0.1) is 0 Å². The summed E-state index contributed by atoms with van der Waals surface area (Å²) >= 11 is 0. The molecule has 3 N–H and O–H groups in total. The van der Waals surface area contributed by atoms with Crippen molar-refractivity contribution >= 4 is 39.3 Å². The average molecular weight is 501 g/mol. The summed E-state index contributed by atoms with van der Waals surface area (Å²) in [7, 11) is -3.93. The molecule has 1 saturated heterocycles. The second-order valence-electron chi connectivity index (χ2n) is 7.68. The predicted molar refractivity (Wildman–Crippen MR) is 124 cm³/mol. The molecule has 7 nitrogen and oxygen atoms in total. The minimum Gasteiger partial charge on any atom is -0.370 e. The van der Waals surface area contributed by atoms with Gasteiger partial charge in [0.25, 0.3) is 11.8 Å². The number of primary sulfonamides is 1. The van der Waals surface area contributed by atoms with E-state index in [2.05, 4.69) is 5.32 Å². The number of alkyl halides is 3. The number of halogens is 3. The number of nitrogens with two attached hydrogens (primary N) is 1. The van der Waals surface area contributed by atoms with E-state index in [9.17, 15) is 31.2 Å². The average Bonchev–Trinajstić information content (AvgIpc) is 3.03. The van der Waals surface area contributed by atoms with Crippen LogP contribution < -0.4 is 15.4 Å². The molecule has 0 radical (unpaired) electrons. The summed E-state index contributed by atoms with van der Waals surface area (Å²) in [6, 6.07) is 16.5. The lowest BCUT2D eigenvalue weighted by atomic mass is 10.1. The molecule has 4 rings (SSSR count). The highest BCUT2D eigenvalue weighted by atomic mass is 32.2. The van der Waals surface area contributed by atoms with Crippen molar-refractivity contribution in [3.63, 3.8) is 0 Å². The Morgan fingerprint density at radius 3 is 2.03 bits per heavy atom. The number of rotatable bonds is 5. The Labute approximate surface area is 198 Å². The van der Waals surface area contributed by atoms with Crippen molar-refractivity contribution in [1.29, 1.82) is 0 Å². The summed E-state index contributed by atoms with van der Waals surface area (Å²) in [4.78, 5) is 27.2. The standard InChI is InChI=1S/C24H18F3N3O4S/c25-24(26,27)16-6-10-18(11-7-16)30-22(31)20(14-15-4-2-1-3-5-15)21(23(30)32)29-17-8-12-19(13-9-17)35(28,33)34/h1-14,21,29H,(H2,28,33,34). The molecule has 2 amide bonds. The molecular formula is C24H18F3N3O4S. The monoisotopic (exact) mass is 501 g/mol. The van der Waals surface area contributed by atoms with Gasteiger partial charge in [0.2, 0.25) is 10.0 Å². The molecule has 3 aromatic rings. The van der Waals surface area contributed by atoms with Crippen molar-refractivity contribution in [2.75, 3.05) is 10.2 Å². The van der Waals surface area contributed by atoms with Crippen LogP contribution in [0.1, 0.15) is 11.1 Å². The molecule has 1 aliphatic heterocycles. The van der Waals surface area contributed by atoms with E-state index in [1.54, 1.807) is 30.3 Å². The Morgan fingerprint density at radius 2 is 1.49 bits per heavy atom. The molecule has 1 fully saturated rings. The maximum absolute atomic E-state index is 13.3. The Hall–Kier alpha value is -3.96. The van der Waals surface area contributed by atoms with Gasteiger partial charge in [0, 0.05) is 5.69 Å². The fraction of sp³-hybridized carbons (Fsp3) is 0.0833. The minimum atomic E-state index is -4.57. The number of sulfonamides is 1. The fourth-order valence-corrected chi connectivity index (χ4v) is 4.10. The quantitative estimate of drug-likeness (QED) is 0.408. The highest BCUT2D eigenvalue weighted by Crippen LogP contribution is 2.34. The zero-order chi connectivity index (χ0) is 25.4. The van der Waals surface area contributed by atoms with Crippen LogP contribution in [0.5, 0.6) is 0 Å². The van der Waals surface area contributed by atoms with E-state index in [0.717, 1.165) is 29.2 Å². The van der Waals surface area contributed by atoms with E-state index in [4.69, 9.17) is 5.14 Å². The molecule has 0 spiro atoms. The van der Waals surface area contributed by atoms with Crippen LogP contribution >= 0.6 is 0 Å². The van der Waals surface area contributed by atoms with Gasteiger partial charge in [-0.2, -0.15) is 13.2 Å². The zero-order valence-corrected chi connectivity index (χ0v) is 18.7. The van der Waals surface area contributed by atoms with Gasteiger partial charge in [0.05, 0.1) is 21.7 Å². The van der Waals surface area contributed by atoms with E-state index in [1.165, 1.54) is 30.3 Å². The number of nitrogens with one attached hydrogen (secondary N) is 1. The molecular weight excluding hydrogens is 483 g/mol. The van der Waals surface area contributed by atoms with Crippen LogP contribution in [0.25, 0.3) is 6.08 Å². The largest absolute Gasteiger partial charge is 0.416 e. The van der Waals surface area contributed by atoms with E-state index < -0.39 is 39.6 Å². The lowest BCUT2D eigenvalue weighted by Crippen LogP contribution is -2.34. The molecule has 0 aliphatic carbocycles. The first-order valence-electron chi connectivity index (χ1n) is 10.2. The van der Waals surface area contributed by atoms with Gasteiger partial charge in [-0.05, 0) is 60.2 Å². The molecule has 0 bridgehead atoms. The molecule has 180 valence electrons. The molecule has 1 aliphatic rings. The van der Waals surface area contributed by atoms with Crippen molar-refractivity contribution in [3.8, 4) is 0 Å². The van der Waals surface area contributed by atoms with Crippen LogP contribution in [0.4, 0.5) is 24.5 Å². The Kier molecular flexibility index (Phi) is 6.22. The number of nitrogens with zero attached hydrogens (tertiary/aromatic N) is 1. The number of benzene rings is 3. The summed E-state index contributed by atoms with van der Waals surface area (Å²) in [6.07, 6.45) is -3.05. The zero-order valence-electron chi connectivity index (χ0n) is 17.9. The van der Waals surface area contributed by atoms with E-state index in [1.807, 2.05) is 0 Å². The molecule has 11 heteroatoms. The third-order valence-electron chi connectivity index (χ3n) is 5.30. The second kappa shape index (κ2) is 9.01. The van der Waals surface area contributed by atoms with Gasteiger partial charge in [-0.1, -0.05) is 30.3 Å². The fourth-order valence-electron chi connectivity index (χ4n) is 3.58. The molecule has 1 unspecified atom stereocenters. The van der Waals surface area contributed by atoms with Gasteiger partial charge < -0.3 is 5.32 Å². The SMILES string of the molecule is NS(=O)(=O)c1ccc(NC2C(=O)N(c3ccc(C(F)(F)F)cc3)C(=O)C2=Cc2ccccc2)cc1. The number of carbonyl (C=O) groups is 2. The van der Waals surface area contributed by atoms with Crippen LogP contribution in [-0.2, 0) is 25.8 Å². The first kappa shape index (κ1) is 24.2. The Balaban J connectivity index is 1.72. The number of hydrogen-bond acceptors (Lipinski definition) is 5. The lowest BCUT2D eigenvalue weighted by Gasteiger charge is -2.16. The van der Waals surface area contributed by atoms with Crippen molar-refractivity contribution < 1.29 is 31.2 Å². The van der Waals surface area contributed by atoms with E-state index in [-0.39, 0.29) is 16.2 Å². The minimum absolute atomic E-state index is 0.0131. The smallest absolute Gasteiger partial charge is 0.370 e. The summed E-state index contributed by atoms with van der Waals surface area (Å²) in [5.41, 5.74) is 0.105. The first-order chi connectivity index (χ1) is 16.4. The third kappa shape index (κ3) is 5.10. The van der Waals surface area contributed by atoms with Gasteiger partial charge in [0.1, 0.15) is 6.04 Å². The van der Waals surface area contributed by atoms with Gasteiger partial charge >= 0.3 is 6.18 Å². The van der Waals surface area contributed by atoms with Crippen molar-refractivity contribution in [2.45, 2.75) is 17.1 Å². The molecule has 1 heterocycles. The number of amides is 2. The number of hydrogen-bond donors (Lipinski definition) is 2. The van der Waals surface area contributed by atoms with Crippen LogP contribution in [0.15, 0.2) is 89.3 Å². The van der Waals surface area contributed by atoms with Crippen LogP contribution in [0, 0.1) is 0 Å². The molecule has 1 atom stereocenters. The van der Waals surface area contributed by atoms with Gasteiger partial charge in [-0.3, -0.25) is 9.59 Å². The summed E-state index contributed by atoms with van der Waals surface area (Å²) in [5, 5.41) is 8.02. The van der Waals surface area contributed by atoms with Crippen LogP contribution in [0.3, 0.4) is 0 Å². The van der Waals surface area contributed by atoms with Crippen LogP contribution in [0.2, 0.25) is 0 Å². The van der Waals surface area contributed by atoms with E-state index in [0.29, 0.717) is 11.3 Å². The van der Waals surface area contributed by atoms with E-state index >= 15 is 0 Å².